The van der Waals surface area contributed by atoms with E-state index >= 15 is 0 Å². The normalized spacial score (nSPS) is 10.8. The SMILES string of the molecule is CC(C)NCc1ccnc(Oc2cc(F)ccc2F)c1. The van der Waals surface area contributed by atoms with Crippen LogP contribution in [0.5, 0.6) is 11.6 Å². The number of halogens is 2. The van der Waals surface area contributed by atoms with E-state index in [0.717, 1.165) is 23.8 Å². The van der Waals surface area contributed by atoms with Crippen LogP contribution in [0.3, 0.4) is 0 Å². The molecule has 0 saturated heterocycles. The Morgan fingerprint density at radius 1 is 1.20 bits per heavy atom. The van der Waals surface area contributed by atoms with Crippen molar-refractivity contribution in [3.05, 3.63) is 53.7 Å². The molecule has 0 amide bonds. The maximum absolute atomic E-state index is 13.5. The quantitative estimate of drug-likeness (QED) is 0.906. The van der Waals surface area contributed by atoms with Gasteiger partial charge in [-0.1, -0.05) is 13.8 Å². The summed E-state index contributed by atoms with van der Waals surface area (Å²) in [7, 11) is 0. The van der Waals surface area contributed by atoms with Crippen molar-refractivity contribution >= 4 is 0 Å². The van der Waals surface area contributed by atoms with E-state index in [2.05, 4.69) is 10.3 Å². The molecule has 0 aliphatic carbocycles. The van der Waals surface area contributed by atoms with Gasteiger partial charge in [0.25, 0.3) is 0 Å². The molecule has 0 saturated carbocycles. The summed E-state index contributed by atoms with van der Waals surface area (Å²) in [4.78, 5) is 3.99. The minimum Gasteiger partial charge on any atom is -0.436 e. The first-order chi connectivity index (χ1) is 9.54. The Labute approximate surface area is 116 Å². The molecule has 0 aliphatic heterocycles. The van der Waals surface area contributed by atoms with Crippen molar-refractivity contribution in [2.45, 2.75) is 26.4 Å². The van der Waals surface area contributed by atoms with E-state index in [-0.39, 0.29) is 11.6 Å². The van der Waals surface area contributed by atoms with Crippen molar-refractivity contribution in [3.63, 3.8) is 0 Å². The lowest BCUT2D eigenvalue weighted by molar-refractivity contribution is 0.421. The number of benzene rings is 1. The summed E-state index contributed by atoms with van der Waals surface area (Å²) >= 11 is 0. The number of hydrogen-bond acceptors (Lipinski definition) is 3. The van der Waals surface area contributed by atoms with Crippen molar-refractivity contribution in [2.75, 3.05) is 0 Å². The first-order valence-electron chi connectivity index (χ1n) is 6.36. The second kappa shape index (κ2) is 6.43. The van der Waals surface area contributed by atoms with Gasteiger partial charge >= 0.3 is 0 Å². The van der Waals surface area contributed by atoms with Gasteiger partial charge in [0, 0.05) is 30.9 Å². The zero-order valence-corrected chi connectivity index (χ0v) is 11.4. The van der Waals surface area contributed by atoms with Gasteiger partial charge in [-0.25, -0.2) is 13.8 Å². The van der Waals surface area contributed by atoms with E-state index in [9.17, 15) is 8.78 Å². The Balaban J connectivity index is 2.13. The summed E-state index contributed by atoms with van der Waals surface area (Å²) in [6.45, 7) is 4.74. The van der Waals surface area contributed by atoms with Gasteiger partial charge in [-0.2, -0.15) is 0 Å². The van der Waals surface area contributed by atoms with Crippen LogP contribution in [0.2, 0.25) is 0 Å². The van der Waals surface area contributed by atoms with Crippen LogP contribution < -0.4 is 10.1 Å². The zero-order valence-electron chi connectivity index (χ0n) is 11.4. The van der Waals surface area contributed by atoms with Crippen molar-refractivity contribution in [3.8, 4) is 11.6 Å². The third kappa shape index (κ3) is 3.99. The largest absolute Gasteiger partial charge is 0.436 e. The van der Waals surface area contributed by atoms with Gasteiger partial charge in [-0.3, -0.25) is 0 Å². The number of rotatable bonds is 5. The molecule has 3 nitrogen and oxygen atoms in total. The third-order valence-electron chi connectivity index (χ3n) is 2.62. The molecule has 0 bridgehead atoms. The van der Waals surface area contributed by atoms with Crippen LogP contribution in [0.1, 0.15) is 19.4 Å². The second-order valence-electron chi connectivity index (χ2n) is 4.71. The van der Waals surface area contributed by atoms with Gasteiger partial charge in [-0.15, -0.1) is 0 Å². The fourth-order valence-electron chi connectivity index (χ4n) is 1.61. The lowest BCUT2D eigenvalue weighted by Gasteiger charge is -2.10. The third-order valence-corrected chi connectivity index (χ3v) is 2.62. The average molecular weight is 278 g/mol. The van der Waals surface area contributed by atoms with Crippen LogP contribution >= 0.6 is 0 Å². The topological polar surface area (TPSA) is 34.2 Å². The van der Waals surface area contributed by atoms with Crippen LogP contribution in [0.15, 0.2) is 36.5 Å². The van der Waals surface area contributed by atoms with Gasteiger partial charge in [-0.05, 0) is 23.8 Å². The van der Waals surface area contributed by atoms with E-state index in [1.54, 1.807) is 12.3 Å². The summed E-state index contributed by atoms with van der Waals surface area (Å²) in [5, 5.41) is 3.26. The number of ether oxygens (including phenoxy) is 1. The Kier molecular flexibility index (Phi) is 4.63. The number of nitrogens with one attached hydrogen (secondary N) is 1. The van der Waals surface area contributed by atoms with E-state index in [1.807, 2.05) is 19.9 Å². The lowest BCUT2D eigenvalue weighted by atomic mass is 10.2. The molecule has 0 atom stereocenters. The van der Waals surface area contributed by atoms with Gasteiger partial charge < -0.3 is 10.1 Å². The van der Waals surface area contributed by atoms with Gasteiger partial charge in [0.1, 0.15) is 5.82 Å². The van der Waals surface area contributed by atoms with Crippen LogP contribution in [0, 0.1) is 11.6 Å². The maximum Gasteiger partial charge on any atom is 0.219 e. The van der Waals surface area contributed by atoms with Crippen LogP contribution in [0.4, 0.5) is 8.78 Å². The van der Waals surface area contributed by atoms with Gasteiger partial charge in [0.15, 0.2) is 11.6 Å². The molecule has 0 aliphatic rings. The molecule has 2 rings (SSSR count). The molecule has 1 aromatic carbocycles. The molecule has 2 aromatic rings. The molecule has 1 aromatic heterocycles. The van der Waals surface area contributed by atoms with E-state index in [0.29, 0.717) is 12.6 Å². The molecule has 0 spiro atoms. The molecule has 0 fully saturated rings. The highest BCUT2D eigenvalue weighted by molar-refractivity contribution is 5.30. The van der Waals surface area contributed by atoms with Crippen molar-refractivity contribution in [1.29, 1.82) is 0 Å². The Morgan fingerprint density at radius 3 is 2.75 bits per heavy atom. The molecule has 5 heteroatoms. The van der Waals surface area contributed by atoms with Gasteiger partial charge in [0.05, 0.1) is 0 Å². The Hall–Kier alpha value is -2.01. The van der Waals surface area contributed by atoms with Crippen LogP contribution in [0.25, 0.3) is 0 Å². The molecule has 20 heavy (non-hydrogen) atoms. The molecule has 1 heterocycles. The van der Waals surface area contributed by atoms with E-state index in [4.69, 9.17) is 4.74 Å². The predicted octanol–water partition coefficient (Wildman–Crippen LogP) is 3.65. The minimum atomic E-state index is -0.626. The summed E-state index contributed by atoms with van der Waals surface area (Å²) in [6, 6.07) is 6.95. The summed E-state index contributed by atoms with van der Waals surface area (Å²) in [5.41, 5.74) is 0.959. The van der Waals surface area contributed by atoms with Gasteiger partial charge in [0.2, 0.25) is 5.88 Å². The fraction of sp³-hybridized carbons (Fsp3) is 0.267. The second-order valence-corrected chi connectivity index (χ2v) is 4.71. The first kappa shape index (κ1) is 14.4. The number of aromatic nitrogens is 1. The summed E-state index contributed by atoms with van der Waals surface area (Å²) in [6.07, 6.45) is 1.57. The standard InChI is InChI=1S/C15H16F2N2O/c1-10(2)19-9-11-5-6-18-15(7-11)20-14-8-12(16)3-4-13(14)17/h3-8,10,19H,9H2,1-2H3. The highest BCUT2D eigenvalue weighted by atomic mass is 19.1. The van der Waals surface area contributed by atoms with E-state index in [1.165, 1.54) is 0 Å². The number of nitrogens with zero attached hydrogens (tertiary/aromatic N) is 1. The predicted molar refractivity (Wildman–Crippen MR) is 72.6 cm³/mol. The molecular formula is C15H16F2N2O. The fourth-order valence-corrected chi connectivity index (χ4v) is 1.61. The van der Waals surface area contributed by atoms with Crippen LogP contribution in [-0.2, 0) is 6.54 Å². The Morgan fingerprint density at radius 2 is 2.00 bits per heavy atom. The van der Waals surface area contributed by atoms with Crippen molar-refractivity contribution in [2.24, 2.45) is 0 Å². The average Bonchev–Trinajstić information content (AvgIpc) is 2.41. The molecule has 0 radical (unpaired) electrons. The zero-order chi connectivity index (χ0) is 14.5. The molecular weight excluding hydrogens is 262 g/mol. The number of pyridine rings is 1. The monoisotopic (exact) mass is 278 g/mol. The lowest BCUT2D eigenvalue weighted by Crippen LogP contribution is -2.21. The number of hydrogen-bond donors (Lipinski definition) is 1. The maximum atomic E-state index is 13.5. The highest BCUT2D eigenvalue weighted by Crippen LogP contribution is 2.24. The highest BCUT2D eigenvalue weighted by Gasteiger charge is 2.08. The Bertz CT molecular complexity index is 588. The first-order valence-corrected chi connectivity index (χ1v) is 6.36. The summed E-state index contributed by atoms with van der Waals surface area (Å²) in [5.74, 6) is -1.12. The van der Waals surface area contributed by atoms with Crippen molar-refractivity contribution < 1.29 is 13.5 Å². The molecule has 0 unspecified atom stereocenters. The molecule has 1 N–H and O–H groups in total. The van der Waals surface area contributed by atoms with Crippen LogP contribution in [-0.4, -0.2) is 11.0 Å². The van der Waals surface area contributed by atoms with E-state index < -0.39 is 11.6 Å². The summed E-state index contributed by atoms with van der Waals surface area (Å²) < 4.78 is 31.8. The van der Waals surface area contributed by atoms with Crippen molar-refractivity contribution in [1.82, 2.24) is 10.3 Å². The molecule has 106 valence electrons. The minimum absolute atomic E-state index is 0.175. The smallest absolute Gasteiger partial charge is 0.219 e.